The summed E-state index contributed by atoms with van der Waals surface area (Å²) in [6, 6.07) is 27.4. The van der Waals surface area contributed by atoms with Gasteiger partial charge in [-0.05, 0) is 90.3 Å². The lowest BCUT2D eigenvalue weighted by Gasteiger charge is -2.36. The number of piperazine rings is 1. The second kappa shape index (κ2) is 25.3. The summed E-state index contributed by atoms with van der Waals surface area (Å²) in [4.78, 5) is 70.5. The number of rotatable bonds is 24. The predicted molar refractivity (Wildman–Crippen MR) is 299 cm³/mol. The van der Waals surface area contributed by atoms with Crippen LogP contribution in [0.3, 0.4) is 0 Å². The summed E-state index contributed by atoms with van der Waals surface area (Å²) in [6.07, 6.45) is 10.6. The predicted octanol–water partition coefficient (Wildman–Crippen LogP) is 9.82. The number of benzene rings is 3. The van der Waals surface area contributed by atoms with E-state index in [1.807, 2.05) is 97.2 Å². The second-order valence-electron chi connectivity index (χ2n) is 21.5. The molecule has 2 saturated heterocycles. The number of β-amino-alcohol motifs (C(OH)–C–C–N with tert-alkyl or cyclic N) is 1. The Morgan fingerprint density at radius 3 is 2.38 bits per heavy atom. The van der Waals surface area contributed by atoms with Crippen molar-refractivity contribution in [2.45, 2.75) is 117 Å². The third-order valence-electron chi connectivity index (χ3n) is 15.0. The van der Waals surface area contributed by atoms with Gasteiger partial charge in [0.25, 0.3) is 0 Å². The van der Waals surface area contributed by atoms with E-state index in [1.165, 1.54) is 0 Å². The van der Waals surface area contributed by atoms with Crippen molar-refractivity contribution in [3.63, 3.8) is 0 Å². The van der Waals surface area contributed by atoms with Gasteiger partial charge in [-0.3, -0.25) is 23.6 Å². The molecule has 3 aromatic carbocycles. The number of Topliss-reactive ketones (excluding diaryl/α,β-unsaturated/α-hetero) is 2. The van der Waals surface area contributed by atoms with Gasteiger partial charge in [0.2, 0.25) is 17.8 Å². The van der Waals surface area contributed by atoms with Crippen LogP contribution in [0.5, 0.6) is 5.75 Å². The molecule has 0 aliphatic carbocycles. The Morgan fingerprint density at radius 2 is 1.64 bits per heavy atom. The van der Waals surface area contributed by atoms with Gasteiger partial charge < -0.3 is 34.3 Å². The Hall–Kier alpha value is -7.24. The van der Waals surface area contributed by atoms with E-state index in [4.69, 9.17) is 9.15 Å². The number of aryl methyl sites for hydroxylation is 2. The van der Waals surface area contributed by atoms with Crippen molar-refractivity contribution in [1.29, 1.82) is 0 Å². The van der Waals surface area contributed by atoms with Crippen LogP contribution in [-0.2, 0) is 38.6 Å². The third kappa shape index (κ3) is 14.0. The molecule has 0 saturated carbocycles. The molecule has 2 aliphatic rings. The number of aliphatic hydroxyl groups is 1. The number of fused-ring (bicyclic) bond motifs is 1. The van der Waals surface area contributed by atoms with Gasteiger partial charge in [-0.15, -0.1) is 21.5 Å². The molecule has 17 heteroatoms. The van der Waals surface area contributed by atoms with Crippen molar-refractivity contribution < 1.29 is 33.4 Å². The minimum atomic E-state index is -0.776. The van der Waals surface area contributed by atoms with Gasteiger partial charge in [0.15, 0.2) is 11.4 Å². The molecule has 4 aromatic heterocycles. The standard InChI is InChI=1S/C60H71N9O7S/c1-41-56(77-40-63-41)45-19-16-42(17-20-45)18-25-54(72)53-35-48(71)38-68(53)58(74)52(60(2,3)4)34-47(70)13-8-6-5-7-9-30-75-49-14-10-12-43(32-49)33-55(73)67-28-26-66(27-29-67)46-23-21-44(22-24-46)51-37-62-59(69-39-64-65-57(51)69)61-36-50-15-11-31-76-50/h10-12,14-17,19-24,31-32,37,39-40,48,52-53,71H,5-9,13,18,25-30,33-36,38H2,1-4H3,(H,61,62)/t48-,52-,53+/m1/s1. The zero-order valence-corrected chi connectivity index (χ0v) is 45.6. The number of carbonyl (C=O) groups excluding carboxylic acids is 4. The van der Waals surface area contributed by atoms with Crippen LogP contribution in [0.15, 0.2) is 114 Å². The highest BCUT2D eigenvalue weighted by molar-refractivity contribution is 7.13. The van der Waals surface area contributed by atoms with Crippen LogP contribution in [0.1, 0.15) is 101 Å². The van der Waals surface area contributed by atoms with E-state index in [0.29, 0.717) is 57.1 Å². The molecule has 2 aliphatic heterocycles. The number of nitrogens with zero attached hydrogens (tertiary/aromatic N) is 8. The molecular formula is C60H71N9O7S. The van der Waals surface area contributed by atoms with Crippen LogP contribution in [0, 0.1) is 18.3 Å². The highest BCUT2D eigenvalue weighted by Gasteiger charge is 2.44. The van der Waals surface area contributed by atoms with Crippen molar-refractivity contribution in [3.05, 3.63) is 132 Å². The fraction of sp³-hybridized carbons (Fsp3) is 0.433. The number of likely N-dealkylation sites (tertiary alicyclic amines) is 1. The molecule has 0 spiro atoms. The number of unbranched alkanes of at least 4 members (excludes halogenated alkanes) is 4. The maximum Gasteiger partial charge on any atom is 0.227 e. The van der Waals surface area contributed by atoms with Gasteiger partial charge in [-0.2, -0.15) is 0 Å². The molecule has 7 aromatic rings. The van der Waals surface area contributed by atoms with Crippen molar-refractivity contribution in [3.8, 4) is 27.3 Å². The minimum Gasteiger partial charge on any atom is -0.494 e. The topological polar surface area (TPSA) is 189 Å². The average Bonchev–Trinajstić information content (AvgIpc) is 4.32. The van der Waals surface area contributed by atoms with Crippen molar-refractivity contribution in [2.24, 2.45) is 11.3 Å². The Balaban J connectivity index is 0.652. The molecule has 2 fully saturated rings. The fourth-order valence-corrected chi connectivity index (χ4v) is 11.3. The quantitative estimate of drug-likeness (QED) is 0.0545. The molecule has 0 radical (unpaired) electrons. The number of carbonyl (C=O) groups is 4. The summed E-state index contributed by atoms with van der Waals surface area (Å²) >= 11 is 1.60. The number of aromatic nitrogens is 5. The zero-order valence-electron chi connectivity index (χ0n) is 44.7. The van der Waals surface area contributed by atoms with E-state index < -0.39 is 23.5 Å². The van der Waals surface area contributed by atoms with Gasteiger partial charge in [-0.25, -0.2) is 9.97 Å². The summed E-state index contributed by atoms with van der Waals surface area (Å²) < 4.78 is 13.4. The Labute approximate surface area is 454 Å². The van der Waals surface area contributed by atoms with Gasteiger partial charge >= 0.3 is 0 Å². The number of hydrogen-bond acceptors (Lipinski definition) is 14. The molecular weight excluding hydrogens is 991 g/mol. The van der Waals surface area contributed by atoms with Gasteiger partial charge in [-0.1, -0.05) is 88.6 Å². The Morgan fingerprint density at radius 1 is 0.870 bits per heavy atom. The van der Waals surface area contributed by atoms with Crippen LogP contribution >= 0.6 is 11.3 Å². The molecule has 2 N–H and O–H groups in total. The molecule has 9 rings (SSSR count). The normalized spacial score (nSPS) is 16.2. The van der Waals surface area contributed by atoms with E-state index in [0.717, 1.165) is 101 Å². The first-order valence-corrected chi connectivity index (χ1v) is 28.0. The van der Waals surface area contributed by atoms with E-state index in [2.05, 4.69) is 66.8 Å². The molecule has 3 atom stereocenters. The van der Waals surface area contributed by atoms with Crippen LogP contribution in [0.25, 0.3) is 27.2 Å². The number of anilines is 2. The third-order valence-corrected chi connectivity index (χ3v) is 15.9. The number of hydrogen-bond donors (Lipinski definition) is 2. The Bertz CT molecular complexity index is 3090. The average molecular weight is 1060 g/mol. The van der Waals surface area contributed by atoms with E-state index in [-0.39, 0.29) is 49.2 Å². The summed E-state index contributed by atoms with van der Waals surface area (Å²) in [5.74, 6) is 1.45. The zero-order chi connectivity index (χ0) is 53.9. The number of nitrogens with one attached hydrogen (secondary N) is 1. The van der Waals surface area contributed by atoms with Gasteiger partial charge in [0, 0.05) is 81.8 Å². The molecule has 0 bridgehead atoms. The van der Waals surface area contributed by atoms with E-state index in [9.17, 15) is 24.3 Å². The SMILES string of the molecule is Cc1ncsc1-c1ccc(CCC(=O)[C@@H]2C[C@@H](O)CN2C(=O)[C@@H](CC(=O)CCCCCCCOc2cccc(CC(=O)N3CCN(c4ccc(-c5cnc(NCc6ccco6)n6cnnc56)cc4)CC3)c2)C(C)(C)C)cc1. The molecule has 0 unspecified atom stereocenters. The fourth-order valence-electron chi connectivity index (χ4n) is 10.5. The first-order chi connectivity index (χ1) is 37.3. The van der Waals surface area contributed by atoms with Crippen molar-refractivity contribution in [1.82, 2.24) is 34.4 Å². The van der Waals surface area contributed by atoms with Crippen molar-refractivity contribution in [2.75, 3.05) is 49.5 Å². The summed E-state index contributed by atoms with van der Waals surface area (Å²) in [6.45, 7) is 11.8. The summed E-state index contributed by atoms with van der Waals surface area (Å²) in [5.41, 5.74) is 9.03. The molecule has 16 nitrogen and oxygen atoms in total. The van der Waals surface area contributed by atoms with Crippen LogP contribution in [0.2, 0.25) is 0 Å². The lowest BCUT2D eigenvalue weighted by atomic mass is 9.76. The monoisotopic (exact) mass is 1060 g/mol. The number of ether oxygens (including phenoxy) is 1. The second-order valence-corrected chi connectivity index (χ2v) is 22.4. The van der Waals surface area contributed by atoms with Crippen LogP contribution in [0.4, 0.5) is 11.6 Å². The molecule has 404 valence electrons. The minimum absolute atomic E-state index is 0.0481. The lowest BCUT2D eigenvalue weighted by Crippen LogP contribution is -2.49. The number of thiazole rings is 1. The number of ketones is 2. The van der Waals surface area contributed by atoms with Gasteiger partial charge in [0.1, 0.15) is 23.6 Å². The molecule has 2 amide bonds. The smallest absolute Gasteiger partial charge is 0.227 e. The summed E-state index contributed by atoms with van der Waals surface area (Å²) in [5, 5.41) is 22.5. The van der Waals surface area contributed by atoms with Crippen LogP contribution < -0.4 is 15.0 Å². The Kier molecular flexibility index (Phi) is 17.9. The number of amides is 2. The van der Waals surface area contributed by atoms with E-state index in [1.54, 1.807) is 28.8 Å². The largest absolute Gasteiger partial charge is 0.494 e. The summed E-state index contributed by atoms with van der Waals surface area (Å²) in [7, 11) is 0. The molecule has 77 heavy (non-hydrogen) atoms. The van der Waals surface area contributed by atoms with Crippen molar-refractivity contribution >= 4 is 52.0 Å². The first-order valence-electron chi connectivity index (χ1n) is 27.1. The lowest BCUT2D eigenvalue weighted by molar-refractivity contribution is -0.145. The number of furan rings is 1. The van der Waals surface area contributed by atoms with Crippen LogP contribution in [-0.4, -0.2) is 114 Å². The highest BCUT2D eigenvalue weighted by atomic mass is 32.1. The number of aliphatic hydroxyl groups excluding tert-OH is 1. The molecule has 6 heterocycles. The first kappa shape index (κ1) is 54.5. The van der Waals surface area contributed by atoms with E-state index >= 15 is 0 Å². The maximum absolute atomic E-state index is 14.2. The highest BCUT2D eigenvalue weighted by Crippen LogP contribution is 2.35. The van der Waals surface area contributed by atoms with Gasteiger partial charge in [0.05, 0.1) is 54.1 Å². The maximum atomic E-state index is 14.2.